The first-order chi connectivity index (χ1) is 13.5. The maximum absolute atomic E-state index is 5.47. The number of halogens is 1. The van der Waals surface area contributed by atoms with Gasteiger partial charge >= 0.3 is 0 Å². The van der Waals surface area contributed by atoms with Crippen LogP contribution in [-0.2, 0) is 17.7 Å². The maximum atomic E-state index is 5.47. The molecular formula is C21H33IN4O2S. The van der Waals surface area contributed by atoms with Crippen molar-refractivity contribution in [3.8, 4) is 5.75 Å². The predicted octanol–water partition coefficient (Wildman–Crippen LogP) is 4.43. The van der Waals surface area contributed by atoms with E-state index in [0.29, 0.717) is 13.1 Å². The Bertz CT molecular complexity index is 782. The molecule has 0 bridgehead atoms. The molecule has 0 aliphatic heterocycles. The number of aryl methyl sites for hydroxylation is 1. The fourth-order valence-corrected chi connectivity index (χ4v) is 3.70. The Hall–Kier alpha value is -1.39. The average molecular weight is 532 g/mol. The Kier molecular flexibility index (Phi) is 11.5. The van der Waals surface area contributed by atoms with E-state index in [-0.39, 0.29) is 30.1 Å². The van der Waals surface area contributed by atoms with Gasteiger partial charge in [0, 0.05) is 32.6 Å². The third-order valence-electron chi connectivity index (χ3n) is 4.45. The summed E-state index contributed by atoms with van der Waals surface area (Å²) in [6, 6.07) is 6.25. The molecule has 0 saturated heterocycles. The number of guanidine groups is 1. The molecule has 1 heterocycles. The molecule has 0 radical (unpaired) electrons. The predicted molar refractivity (Wildman–Crippen MR) is 132 cm³/mol. The average Bonchev–Trinajstić information content (AvgIpc) is 3.15. The molecule has 0 saturated carbocycles. The van der Waals surface area contributed by atoms with Crippen molar-refractivity contribution in [2.75, 3.05) is 34.4 Å². The van der Waals surface area contributed by atoms with E-state index in [4.69, 9.17) is 14.5 Å². The molecule has 1 aromatic heterocycles. The highest BCUT2D eigenvalue weighted by Crippen LogP contribution is 2.21. The summed E-state index contributed by atoms with van der Waals surface area (Å²) in [4.78, 5) is 11.6. The van der Waals surface area contributed by atoms with E-state index in [1.807, 2.05) is 20.0 Å². The number of benzene rings is 1. The Morgan fingerprint density at radius 3 is 2.76 bits per heavy atom. The van der Waals surface area contributed by atoms with Crippen LogP contribution in [-0.4, -0.2) is 50.2 Å². The SMILES string of the molecule is CCNC(=NCCc1cc(C)ccc1OC)N(C)Cc1csc(C(C)OC)n1.I. The van der Waals surface area contributed by atoms with Crippen molar-refractivity contribution in [3.63, 3.8) is 0 Å². The number of thiazole rings is 1. The molecule has 0 aliphatic rings. The number of methoxy groups -OCH3 is 2. The zero-order chi connectivity index (χ0) is 20.5. The molecule has 2 rings (SSSR count). The lowest BCUT2D eigenvalue weighted by molar-refractivity contribution is 0.119. The Labute approximate surface area is 195 Å². The fraction of sp³-hybridized carbons (Fsp3) is 0.524. The number of hydrogen-bond donors (Lipinski definition) is 1. The van der Waals surface area contributed by atoms with Crippen LogP contribution in [0.25, 0.3) is 0 Å². The standard InChI is InChI=1S/C21H32N4O2S.HI/c1-7-22-21(23-11-10-17-12-15(2)8-9-19(17)27-6)25(4)13-18-14-28-20(24-18)16(3)26-5;/h8-9,12,14,16H,7,10-11,13H2,1-6H3,(H,22,23);1H. The molecule has 0 aliphatic carbocycles. The van der Waals surface area contributed by atoms with Crippen LogP contribution in [0.15, 0.2) is 28.6 Å². The third-order valence-corrected chi connectivity index (χ3v) is 5.50. The van der Waals surface area contributed by atoms with Crippen LogP contribution < -0.4 is 10.1 Å². The number of hydrogen-bond acceptors (Lipinski definition) is 5. The van der Waals surface area contributed by atoms with Gasteiger partial charge in [0.2, 0.25) is 0 Å². The maximum Gasteiger partial charge on any atom is 0.194 e. The van der Waals surface area contributed by atoms with Gasteiger partial charge in [0.05, 0.1) is 19.3 Å². The van der Waals surface area contributed by atoms with E-state index in [0.717, 1.165) is 35.4 Å². The molecule has 8 heteroatoms. The van der Waals surface area contributed by atoms with Gasteiger partial charge in [-0.25, -0.2) is 4.98 Å². The molecule has 0 amide bonds. The molecule has 0 spiro atoms. The Morgan fingerprint density at radius 2 is 2.10 bits per heavy atom. The zero-order valence-corrected chi connectivity index (χ0v) is 21.3. The lowest BCUT2D eigenvalue weighted by atomic mass is 10.1. The van der Waals surface area contributed by atoms with Crippen LogP contribution >= 0.6 is 35.3 Å². The van der Waals surface area contributed by atoms with Gasteiger partial charge in [-0.05, 0) is 38.8 Å². The second kappa shape index (κ2) is 13.0. The highest BCUT2D eigenvalue weighted by molar-refractivity contribution is 14.0. The van der Waals surface area contributed by atoms with Gasteiger partial charge in [-0.15, -0.1) is 35.3 Å². The molecule has 6 nitrogen and oxygen atoms in total. The van der Waals surface area contributed by atoms with Gasteiger partial charge in [0.1, 0.15) is 16.9 Å². The molecular weight excluding hydrogens is 499 g/mol. The molecule has 1 N–H and O–H groups in total. The van der Waals surface area contributed by atoms with Crippen LogP contribution in [0.5, 0.6) is 5.75 Å². The highest BCUT2D eigenvalue weighted by atomic mass is 127. The van der Waals surface area contributed by atoms with Gasteiger partial charge < -0.3 is 19.7 Å². The quantitative estimate of drug-likeness (QED) is 0.294. The fourth-order valence-electron chi connectivity index (χ4n) is 2.86. The molecule has 0 fully saturated rings. The summed E-state index contributed by atoms with van der Waals surface area (Å²) in [6.07, 6.45) is 0.857. The smallest absolute Gasteiger partial charge is 0.194 e. The molecule has 1 aromatic carbocycles. The van der Waals surface area contributed by atoms with E-state index in [1.165, 1.54) is 11.1 Å². The van der Waals surface area contributed by atoms with E-state index in [1.54, 1.807) is 25.6 Å². The third kappa shape index (κ3) is 7.75. The van der Waals surface area contributed by atoms with Crippen molar-refractivity contribution in [2.45, 2.75) is 39.8 Å². The lowest BCUT2D eigenvalue weighted by Crippen LogP contribution is -2.38. The molecule has 1 atom stereocenters. The highest BCUT2D eigenvalue weighted by Gasteiger charge is 2.13. The first kappa shape index (κ1) is 25.6. The lowest BCUT2D eigenvalue weighted by Gasteiger charge is -2.21. The van der Waals surface area contributed by atoms with Crippen molar-refractivity contribution in [3.05, 3.63) is 45.4 Å². The van der Waals surface area contributed by atoms with E-state index in [9.17, 15) is 0 Å². The van der Waals surface area contributed by atoms with Crippen molar-refractivity contribution < 1.29 is 9.47 Å². The Balaban J connectivity index is 0.00000420. The largest absolute Gasteiger partial charge is 0.496 e. The van der Waals surface area contributed by atoms with Crippen LogP contribution in [0.2, 0.25) is 0 Å². The monoisotopic (exact) mass is 532 g/mol. The molecule has 29 heavy (non-hydrogen) atoms. The number of ether oxygens (including phenoxy) is 2. The summed E-state index contributed by atoms with van der Waals surface area (Å²) in [6.45, 7) is 8.39. The van der Waals surface area contributed by atoms with Crippen molar-refractivity contribution in [2.24, 2.45) is 4.99 Å². The summed E-state index contributed by atoms with van der Waals surface area (Å²) in [7, 11) is 5.45. The number of nitrogens with zero attached hydrogens (tertiary/aromatic N) is 3. The first-order valence-electron chi connectivity index (χ1n) is 9.58. The summed E-state index contributed by atoms with van der Waals surface area (Å²) < 4.78 is 10.8. The van der Waals surface area contributed by atoms with Crippen LogP contribution in [0.3, 0.4) is 0 Å². The number of aliphatic imine (C=N–C) groups is 1. The van der Waals surface area contributed by atoms with Gasteiger partial charge in [-0.2, -0.15) is 0 Å². The minimum atomic E-state index is 0. The van der Waals surface area contributed by atoms with Crippen LogP contribution in [0.1, 0.15) is 41.8 Å². The normalized spacial score (nSPS) is 12.3. The van der Waals surface area contributed by atoms with Gasteiger partial charge in [-0.3, -0.25) is 4.99 Å². The van der Waals surface area contributed by atoms with E-state index in [2.05, 4.69) is 46.6 Å². The molecule has 162 valence electrons. The van der Waals surface area contributed by atoms with Gasteiger partial charge in [-0.1, -0.05) is 17.7 Å². The van der Waals surface area contributed by atoms with E-state index >= 15 is 0 Å². The summed E-state index contributed by atoms with van der Waals surface area (Å²) in [5.41, 5.74) is 3.44. The Morgan fingerprint density at radius 1 is 1.34 bits per heavy atom. The van der Waals surface area contributed by atoms with E-state index < -0.39 is 0 Å². The van der Waals surface area contributed by atoms with Crippen molar-refractivity contribution in [1.82, 2.24) is 15.2 Å². The molecule has 1 unspecified atom stereocenters. The molecule has 2 aromatic rings. The number of aromatic nitrogens is 1. The van der Waals surface area contributed by atoms with Gasteiger partial charge in [0.25, 0.3) is 0 Å². The summed E-state index contributed by atoms with van der Waals surface area (Å²) in [5.74, 6) is 1.80. The van der Waals surface area contributed by atoms with Crippen molar-refractivity contribution in [1.29, 1.82) is 0 Å². The zero-order valence-electron chi connectivity index (χ0n) is 18.2. The first-order valence-corrected chi connectivity index (χ1v) is 10.5. The minimum Gasteiger partial charge on any atom is -0.496 e. The van der Waals surface area contributed by atoms with Crippen LogP contribution in [0.4, 0.5) is 0 Å². The van der Waals surface area contributed by atoms with Crippen LogP contribution in [0, 0.1) is 6.92 Å². The topological polar surface area (TPSA) is 59.0 Å². The minimum absolute atomic E-state index is 0. The van der Waals surface area contributed by atoms with Gasteiger partial charge in [0.15, 0.2) is 5.96 Å². The second-order valence-electron chi connectivity index (χ2n) is 6.71. The second-order valence-corrected chi connectivity index (χ2v) is 7.60. The number of nitrogens with one attached hydrogen (secondary N) is 1. The van der Waals surface area contributed by atoms with Crippen molar-refractivity contribution >= 4 is 41.3 Å². The summed E-state index contributed by atoms with van der Waals surface area (Å²) in [5, 5.41) is 6.45. The number of rotatable bonds is 9. The summed E-state index contributed by atoms with van der Waals surface area (Å²) >= 11 is 1.63.